The first-order chi connectivity index (χ1) is 11.3. The molecule has 0 radical (unpaired) electrons. The first-order valence-electron chi connectivity index (χ1n) is 6.99. The first-order valence-corrected chi connectivity index (χ1v) is 9.42. The number of nitrogens with one attached hydrogen (secondary N) is 1. The maximum Gasteiger partial charge on any atom is 0.286 e. The molecule has 0 spiro atoms. The van der Waals surface area contributed by atoms with Crippen LogP contribution in [0.5, 0.6) is 0 Å². The molecule has 0 amide bonds. The zero-order chi connectivity index (χ0) is 17.3. The minimum atomic E-state index is -3.78. The molecule has 3 rings (SSSR count). The summed E-state index contributed by atoms with van der Waals surface area (Å²) in [6.45, 7) is 1.85. The lowest BCUT2D eigenvalue weighted by atomic mass is 10.1. The van der Waals surface area contributed by atoms with Crippen LogP contribution in [-0.4, -0.2) is 25.1 Å². The van der Waals surface area contributed by atoms with E-state index in [2.05, 4.69) is 9.71 Å². The van der Waals surface area contributed by atoms with Crippen molar-refractivity contribution in [1.82, 2.24) is 0 Å². The SMILES string of the molecule is Cc1ccc2c(c1)NC(SCC(=O)c1ccc(F)cc1)=NS2(=O)=O. The Hall–Kier alpha value is -2.19. The van der Waals surface area contributed by atoms with Gasteiger partial charge in [-0.1, -0.05) is 17.8 Å². The number of sulfonamides is 1. The number of Topliss-reactive ketones (excluding diaryl/α,β-unsaturated/α-hetero) is 1. The molecule has 124 valence electrons. The quantitative estimate of drug-likeness (QED) is 0.847. The average molecular weight is 364 g/mol. The second-order valence-corrected chi connectivity index (χ2v) is 7.75. The molecular weight excluding hydrogens is 351 g/mol. The van der Waals surface area contributed by atoms with Gasteiger partial charge in [-0.2, -0.15) is 8.42 Å². The highest BCUT2D eigenvalue weighted by molar-refractivity contribution is 8.15. The minimum Gasteiger partial charge on any atom is -0.333 e. The van der Waals surface area contributed by atoms with E-state index in [0.29, 0.717) is 11.3 Å². The molecule has 1 aliphatic heterocycles. The fraction of sp³-hybridized carbons (Fsp3) is 0.125. The lowest BCUT2D eigenvalue weighted by molar-refractivity contribution is 0.102. The molecule has 8 heteroatoms. The van der Waals surface area contributed by atoms with E-state index in [4.69, 9.17) is 0 Å². The van der Waals surface area contributed by atoms with Crippen LogP contribution >= 0.6 is 11.8 Å². The van der Waals surface area contributed by atoms with Gasteiger partial charge >= 0.3 is 0 Å². The van der Waals surface area contributed by atoms with Gasteiger partial charge in [-0.05, 0) is 48.9 Å². The van der Waals surface area contributed by atoms with Crippen molar-refractivity contribution >= 4 is 38.4 Å². The van der Waals surface area contributed by atoms with Gasteiger partial charge in [-0.3, -0.25) is 4.79 Å². The van der Waals surface area contributed by atoms with Crippen LogP contribution in [0.25, 0.3) is 0 Å². The Labute approximate surface area is 143 Å². The highest BCUT2D eigenvalue weighted by Gasteiger charge is 2.25. The van der Waals surface area contributed by atoms with Crippen LogP contribution in [0.15, 0.2) is 51.8 Å². The van der Waals surface area contributed by atoms with Gasteiger partial charge < -0.3 is 5.32 Å². The molecule has 2 aromatic rings. The lowest BCUT2D eigenvalue weighted by Gasteiger charge is -2.17. The zero-order valence-corrected chi connectivity index (χ0v) is 14.2. The van der Waals surface area contributed by atoms with E-state index >= 15 is 0 Å². The molecule has 0 fully saturated rings. The van der Waals surface area contributed by atoms with E-state index in [1.165, 1.54) is 30.3 Å². The molecule has 0 aliphatic carbocycles. The Morgan fingerprint density at radius 2 is 1.92 bits per heavy atom. The third-order valence-corrected chi connectivity index (χ3v) is 5.69. The number of nitrogens with zero attached hydrogens (tertiary/aromatic N) is 1. The summed E-state index contributed by atoms with van der Waals surface area (Å²) >= 11 is 0.993. The van der Waals surface area contributed by atoms with E-state index < -0.39 is 15.8 Å². The van der Waals surface area contributed by atoms with Gasteiger partial charge in [-0.25, -0.2) is 4.39 Å². The van der Waals surface area contributed by atoms with Crippen molar-refractivity contribution in [1.29, 1.82) is 0 Å². The number of ketones is 1. The monoisotopic (exact) mass is 364 g/mol. The number of carbonyl (C=O) groups excluding carboxylic acids is 1. The Morgan fingerprint density at radius 1 is 1.21 bits per heavy atom. The molecule has 1 heterocycles. The third-order valence-electron chi connectivity index (χ3n) is 3.36. The Balaban J connectivity index is 1.76. The van der Waals surface area contributed by atoms with Crippen LogP contribution in [0.3, 0.4) is 0 Å². The van der Waals surface area contributed by atoms with E-state index in [-0.39, 0.29) is 21.6 Å². The number of hydrogen-bond donors (Lipinski definition) is 1. The predicted octanol–water partition coefficient (Wildman–Crippen LogP) is 3.22. The predicted molar refractivity (Wildman–Crippen MR) is 92.6 cm³/mol. The average Bonchev–Trinajstić information content (AvgIpc) is 2.52. The number of hydrogen-bond acceptors (Lipinski definition) is 5. The maximum atomic E-state index is 12.9. The fourth-order valence-corrected chi connectivity index (χ4v) is 4.29. The Bertz CT molecular complexity index is 938. The van der Waals surface area contributed by atoms with Crippen LogP contribution in [0, 0.1) is 12.7 Å². The van der Waals surface area contributed by atoms with Crippen LogP contribution < -0.4 is 5.32 Å². The third kappa shape index (κ3) is 3.49. The number of halogens is 1. The summed E-state index contributed by atoms with van der Waals surface area (Å²) < 4.78 is 40.9. The number of carbonyl (C=O) groups is 1. The summed E-state index contributed by atoms with van der Waals surface area (Å²) in [5.41, 5.74) is 1.71. The topological polar surface area (TPSA) is 75.6 Å². The van der Waals surface area contributed by atoms with Crippen molar-refractivity contribution in [3.63, 3.8) is 0 Å². The van der Waals surface area contributed by atoms with Gasteiger partial charge in [0.05, 0.1) is 11.4 Å². The zero-order valence-electron chi connectivity index (χ0n) is 12.6. The van der Waals surface area contributed by atoms with Gasteiger partial charge in [0.2, 0.25) is 0 Å². The van der Waals surface area contributed by atoms with E-state index in [1.54, 1.807) is 12.1 Å². The van der Waals surface area contributed by atoms with Gasteiger partial charge in [0.25, 0.3) is 10.0 Å². The summed E-state index contributed by atoms with van der Waals surface area (Å²) in [5, 5.41) is 3.07. The molecule has 0 unspecified atom stereocenters. The summed E-state index contributed by atoms with van der Waals surface area (Å²) in [5.74, 6) is -0.666. The second kappa shape index (κ2) is 6.37. The Morgan fingerprint density at radius 3 is 2.62 bits per heavy atom. The van der Waals surface area contributed by atoms with E-state index in [9.17, 15) is 17.6 Å². The normalized spacial score (nSPS) is 15.2. The number of rotatable bonds is 3. The number of thioether (sulfide) groups is 1. The molecule has 0 bridgehead atoms. The maximum absolute atomic E-state index is 12.9. The van der Waals surface area contributed by atoms with E-state index in [1.807, 2.05) is 6.92 Å². The summed E-state index contributed by atoms with van der Waals surface area (Å²) in [7, 11) is -3.78. The molecule has 2 aromatic carbocycles. The van der Waals surface area contributed by atoms with Crippen molar-refractivity contribution in [2.75, 3.05) is 11.1 Å². The molecule has 1 N–H and O–H groups in total. The number of amidine groups is 1. The smallest absolute Gasteiger partial charge is 0.286 e. The van der Waals surface area contributed by atoms with Crippen LogP contribution in [0.1, 0.15) is 15.9 Å². The highest BCUT2D eigenvalue weighted by atomic mass is 32.2. The van der Waals surface area contributed by atoms with Crippen LogP contribution in [0.4, 0.5) is 10.1 Å². The Kier molecular flexibility index (Phi) is 4.42. The van der Waals surface area contributed by atoms with Crippen LogP contribution in [0.2, 0.25) is 0 Å². The molecular formula is C16H13FN2O3S2. The van der Waals surface area contributed by atoms with Crippen molar-refractivity contribution in [2.24, 2.45) is 4.40 Å². The first kappa shape index (κ1) is 16.7. The fourth-order valence-electron chi connectivity index (χ4n) is 2.18. The molecule has 5 nitrogen and oxygen atoms in total. The lowest BCUT2D eigenvalue weighted by Crippen LogP contribution is -2.20. The van der Waals surface area contributed by atoms with Crippen molar-refractivity contribution in [3.05, 3.63) is 59.4 Å². The van der Waals surface area contributed by atoms with Gasteiger partial charge in [0.1, 0.15) is 10.7 Å². The number of anilines is 1. The second-order valence-electron chi connectivity index (χ2n) is 5.21. The van der Waals surface area contributed by atoms with Gasteiger partial charge in [0.15, 0.2) is 11.0 Å². The number of aryl methyl sites for hydroxylation is 1. The van der Waals surface area contributed by atoms with Gasteiger partial charge in [0, 0.05) is 5.56 Å². The van der Waals surface area contributed by atoms with Crippen LogP contribution in [-0.2, 0) is 10.0 Å². The van der Waals surface area contributed by atoms with Gasteiger partial charge in [-0.15, -0.1) is 4.40 Å². The molecule has 24 heavy (non-hydrogen) atoms. The van der Waals surface area contributed by atoms with E-state index in [0.717, 1.165) is 17.3 Å². The summed E-state index contributed by atoms with van der Waals surface area (Å²) in [6.07, 6.45) is 0. The minimum absolute atomic E-state index is 0.00582. The number of benzene rings is 2. The molecule has 0 saturated carbocycles. The number of fused-ring (bicyclic) bond motifs is 1. The molecule has 0 aromatic heterocycles. The van der Waals surface area contributed by atoms with Crippen molar-refractivity contribution in [2.45, 2.75) is 11.8 Å². The highest BCUT2D eigenvalue weighted by Crippen LogP contribution is 2.30. The molecule has 1 aliphatic rings. The largest absolute Gasteiger partial charge is 0.333 e. The van der Waals surface area contributed by atoms with Crippen molar-refractivity contribution in [3.8, 4) is 0 Å². The summed E-state index contributed by atoms with van der Waals surface area (Å²) in [6, 6.07) is 10.1. The molecule has 0 saturated heterocycles. The standard InChI is InChI=1S/C16H13FN2O3S2/c1-10-2-7-15-13(8-10)18-16(19-24(15,21)22)23-9-14(20)11-3-5-12(17)6-4-11/h2-8H,9H2,1H3,(H,18,19). The van der Waals surface area contributed by atoms with Crippen molar-refractivity contribution < 1.29 is 17.6 Å². The summed E-state index contributed by atoms with van der Waals surface area (Å²) in [4.78, 5) is 12.2. The molecule has 0 atom stereocenters.